The lowest BCUT2D eigenvalue weighted by atomic mass is 10.2. The van der Waals surface area contributed by atoms with Gasteiger partial charge >= 0.3 is 0 Å². The van der Waals surface area contributed by atoms with Crippen molar-refractivity contribution in [1.82, 2.24) is 24.5 Å². The Morgan fingerprint density at radius 3 is 2.70 bits per heavy atom. The number of halogens is 3. The van der Waals surface area contributed by atoms with Gasteiger partial charge in [0.15, 0.2) is 0 Å². The van der Waals surface area contributed by atoms with Gasteiger partial charge in [0.05, 0.1) is 25.2 Å². The summed E-state index contributed by atoms with van der Waals surface area (Å²) in [6.07, 6.45) is 4.31. The second kappa shape index (κ2) is 8.23. The van der Waals surface area contributed by atoms with Gasteiger partial charge < -0.3 is 19.9 Å². The summed E-state index contributed by atoms with van der Waals surface area (Å²) in [7, 11) is 3.28. The van der Waals surface area contributed by atoms with Crippen LogP contribution < -0.4 is 10.6 Å². The van der Waals surface area contributed by atoms with Crippen molar-refractivity contribution < 1.29 is 13.5 Å². The standard InChI is InChI=1S/C16H16ClF2N7O/c1-26-6-14(21-8-26)24-13-4-12(17)23-16(25-13)22-11(7-27-2)15-10(19)3-9(18)5-20-15/h3-6,8,11H,7H2,1-2H3,(H2,22,23,24,25)/t11-/m1/s1. The fourth-order valence-corrected chi connectivity index (χ4v) is 2.53. The Labute approximate surface area is 158 Å². The first kappa shape index (κ1) is 18.9. The zero-order valence-electron chi connectivity index (χ0n) is 14.4. The first-order valence-electron chi connectivity index (χ1n) is 7.80. The third kappa shape index (κ3) is 4.86. The molecule has 3 aromatic rings. The second-order valence-corrected chi connectivity index (χ2v) is 6.01. The van der Waals surface area contributed by atoms with Crippen LogP contribution >= 0.6 is 11.6 Å². The summed E-state index contributed by atoms with van der Waals surface area (Å²) in [5, 5.41) is 6.06. The quantitative estimate of drug-likeness (QED) is 0.594. The van der Waals surface area contributed by atoms with Gasteiger partial charge in [0, 0.05) is 32.5 Å². The van der Waals surface area contributed by atoms with Crippen molar-refractivity contribution in [3.05, 3.63) is 53.3 Å². The minimum Gasteiger partial charge on any atom is -0.382 e. The number of methoxy groups -OCH3 is 1. The van der Waals surface area contributed by atoms with E-state index < -0.39 is 17.7 Å². The molecule has 1 atom stereocenters. The molecule has 0 radical (unpaired) electrons. The zero-order chi connectivity index (χ0) is 19.4. The maximum absolute atomic E-state index is 14.1. The van der Waals surface area contributed by atoms with E-state index in [1.807, 2.05) is 7.05 Å². The number of ether oxygens (including phenoxy) is 1. The van der Waals surface area contributed by atoms with Gasteiger partial charge in [0.25, 0.3) is 0 Å². The maximum atomic E-state index is 14.1. The molecule has 27 heavy (non-hydrogen) atoms. The van der Waals surface area contributed by atoms with Crippen LogP contribution in [0, 0.1) is 11.6 Å². The maximum Gasteiger partial charge on any atom is 0.226 e. The summed E-state index contributed by atoms with van der Waals surface area (Å²) in [5.74, 6) is -0.502. The molecular weight excluding hydrogens is 380 g/mol. The first-order chi connectivity index (χ1) is 12.9. The van der Waals surface area contributed by atoms with E-state index in [4.69, 9.17) is 16.3 Å². The molecule has 142 valence electrons. The Balaban J connectivity index is 1.85. The number of rotatable bonds is 7. The highest BCUT2D eigenvalue weighted by Crippen LogP contribution is 2.23. The number of aryl methyl sites for hydroxylation is 1. The van der Waals surface area contributed by atoms with Gasteiger partial charge in [-0.25, -0.2) is 18.7 Å². The Morgan fingerprint density at radius 2 is 2.04 bits per heavy atom. The lowest BCUT2D eigenvalue weighted by molar-refractivity contribution is 0.183. The third-order valence-electron chi connectivity index (χ3n) is 3.46. The van der Waals surface area contributed by atoms with Crippen LogP contribution in [-0.2, 0) is 11.8 Å². The van der Waals surface area contributed by atoms with Gasteiger partial charge in [0.1, 0.15) is 34.1 Å². The van der Waals surface area contributed by atoms with Crippen molar-refractivity contribution >= 4 is 29.2 Å². The normalized spacial score (nSPS) is 12.0. The van der Waals surface area contributed by atoms with Crippen LogP contribution in [0.2, 0.25) is 5.15 Å². The molecule has 0 saturated heterocycles. The second-order valence-electron chi connectivity index (χ2n) is 5.62. The van der Waals surface area contributed by atoms with E-state index in [1.54, 1.807) is 17.1 Å². The van der Waals surface area contributed by atoms with E-state index in [9.17, 15) is 8.78 Å². The summed E-state index contributed by atoms with van der Waals surface area (Å²) in [4.78, 5) is 16.3. The largest absolute Gasteiger partial charge is 0.382 e. The first-order valence-corrected chi connectivity index (χ1v) is 8.18. The lowest BCUT2D eigenvalue weighted by Gasteiger charge is -2.18. The number of hydrogen-bond acceptors (Lipinski definition) is 7. The molecule has 0 amide bonds. The smallest absolute Gasteiger partial charge is 0.226 e. The highest BCUT2D eigenvalue weighted by molar-refractivity contribution is 6.29. The molecular formula is C16H16ClF2N7O. The van der Waals surface area contributed by atoms with Gasteiger partial charge in [-0.15, -0.1) is 0 Å². The summed E-state index contributed by atoms with van der Waals surface area (Å²) in [5.41, 5.74) is -0.0268. The Hall–Kier alpha value is -2.85. The van der Waals surface area contributed by atoms with Crippen molar-refractivity contribution in [2.24, 2.45) is 7.05 Å². The number of hydrogen-bond donors (Lipinski definition) is 2. The summed E-state index contributed by atoms with van der Waals surface area (Å²) < 4.78 is 34.1. The molecule has 0 aliphatic rings. The van der Waals surface area contributed by atoms with E-state index in [1.165, 1.54) is 13.2 Å². The van der Waals surface area contributed by atoms with Crippen LogP contribution in [0.4, 0.5) is 26.4 Å². The topological polar surface area (TPSA) is 89.8 Å². The fourth-order valence-electron chi connectivity index (χ4n) is 2.35. The Bertz CT molecular complexity index is 937. The summed E-state index contributed by atoms with van der Waals surface area (Å²) in [6, 6.07) is 1.51. The summed E-state index contributed by atoms with van der Waals surface area (Å²) in [6.45, 7) is 0.0500. The molecule has 0 aliphatic heterocycles. The van der Waals surface area contributed by atoms with Crippen molar-refractivity contribution in [3.63, 3.8) is 0 Å². The van der Waals surface area contributed by atoms with Crippen molar-refractivity contribution in [2.75, 3.05) is 24.4 Å². The van der Waals surface area contributed by atoms with Gasteiger partial charge in [-0.2, -0.15) is 4.98 Å². The molecule has 0 aromatic carbocycles. The highest BCUT2D eigenvalue weighted by atomic mass is 35.5. The Kier molecular flexibility index (Phi) is 5.77. The van der Waals surface area contributed by atoms with Crippen LogP contribution in [-0.4, -0.2) is 38.2 Å². The lowest BCUT2D eigenvalue weighted by Crippen LogP contribution is -2.21. The number of aromatic nitrogens is 5. The van der Waals surface area contributed by atoms with E-state index in [-0.39, 0.29) is 23.4 Å². The average molecular weight is 396 g/mol. The number of imidazole rings is 1. The Morgan fingerprint density at radius 1 is 1.22 bits per heavy atom. The summed E-state index contributed by atoms with van der Waals surface area (Å²) >= 11 is 6.05. The van der Waals surface area contributed by atoms with Crippen LogP contribution in [0.1, 0.15) is 11.7 Å². The fraction of sp³-hybridized carbons (Fsp3) is 0.250. The molecule has 0 aliphatic carbocycles. The van der Waals surface area contributed by atoms with Crippen molar-refractivity contribution in [2.45, 2.75) is 6.04 Å². The number of nitrogens with zero attached hydrogens (tertiary/aromatic N) is 5. The van der Waals surface area contributed by atoms with Crippen LogP contribution in [0.5, 0.6) is 0 Å². The minimum atomic E-state index is -0.807. The molecule has 3 aromatic heterocycles. The SMILES string of the molecule is COC[C@@H](Nc1nc(Cl)cc(Nc2cn(C)cn2)n1)c1ncc(F)cc1F. The number of pyridine rings is 1. The van der Waals surface area contributed by atoms with E-state index >= 15 is 0 Å². The molecule has 3 heterocycles. The third-order valence-corrected chi connectivity index (χ3v) is 3.65. The van der Waals surface area contributed by atoms with Gasteiger partial charge in [0.2, 0.25) is 5.95 Å². The number of nitrogens with one attached hydrogen (secondary N) is 2. The van der Waals surface area contributed by atoms with Gasteiger partial charge in [-0.3, -0.25) is 4.98 Å². The molecule has 3 rings (SSSR count). The van der Waals surface area contributed by atoms with E-state index in [0.29, 0.717) is 11.6 Å². The molecule has 8 nitrogen and oxygen atoms in total. The van der Waals surface area contributed by atoms with Crippen LogP contribution in [0.3, 0.4) is 0 Å². The minimum absolute atomic E-state index is 0.0268. The van der Waals surface area contributed by atoms with E-state index in [0.717, 1.165) is 12.3 Å². The van der Waals surface area contributed by atoms with Crippen molar-refractivity contribution in [1.29, 1.82) is 0 Å². The van der Waals surface area contributed by atoms with E-state index in [2.05, 4.69) is 30.6 Å². The molecule has 11 heteroatoms. The molecule has 2 N–H and O–H groups in total. The number of anilines is 3. The van der Waals surface area contributed by atoms with Gasteiger partial charge in [-0.05, 0) is 0 Å². The predicted molar refractivity (Wildman–Crippen MR) is 95.9 cm³/mol. The molecule has 0 fully saturated rings. The van der Waals surface area contributed by atoms with Crippen molar-refractivity contribution in [3.8, 4) is 0 Å². The average Bonchev–Trinajstić information content (AvgIpc) is 2.99. The molecule has 0 bridgehead atoms. The zero-order valence-corrected chi connectivity index (χ0v) is 15.2. The molecule has 0 saturated carbocycles. The molecule has 0 unspecified atom stereocenters. The van der Waals surface area contributed by atoms with Crippen LogP contribution in [0.25, 0.3) is 0 Å². The van der Waals surface area contributed by atoms with Crippen LogP contribution in [0.15, 0.2) is 30.9 Å². The highest BCUT2D eigenvalue weighted by Gasteiger charge is 2.20. The molecule has 0 spiro atoms. The predicted octanol–water partition coefficient (Wildman–Crippen LogP) is 3.08. The monoisotopic (exact) mass is 395 g/mol. The van der Waals surface area contributed by atoms with Gasteiger partial charge in [-0.1, -0.05) is 11.6 Å².